The van der Waals surface area contributed by atoms with Gasteiger partial charge in [0.05, 0.1) is 19.5 Å². The summed E-state index contributed by atoms with van der Waals surface area (Å²) < 4.78 is 7.21. The lowest BCUT2D eigenvalue weighted by Gasteiger charge is -2.12. The number of imidazole rings is 1. The van der Waals surface area contributed by atoms with Crippen LogP contribution in [-0.4, -0.2) is 22.4 Å². The third-order valence-electron chi connectivity index (χ3n) is 3.63. The molecule has 0 bridgehead atoms. The normalized spacial score (nSPS) is 20.6. The number of rotatable bonds is 3. The number of hydrogen-bond donors (Lipinski definition) is 0. The fourth-order valence-corrected chi connectivity index (χ4v) is 2.60. The van der Waals surface area contributed by atoms with Gasteiger partial charge in [-0.05, 0) is 30.2 Å². The van der Waals surface area contributed by atoms with Crippen LogP contribution in [0.4, 0.5) is 0 Å². The number of ether oxygens (including phenoxy) is 1. The molecule has 3 rings (SSSR count). The first-order valence-electron chi connectivity index (χ1n) is 6.64. The highest BCUT2D eigenvalue weighted by atomic mass is 16.5. The zero-order chi connectivity index (χ0) is 13.9. The Balaban J connectivity index is 1.96. The minimum Gasteiger partial charge on any atom is -0.497 e. The van der Waals surface area contributed by atoms with E-state index in [9.17, 15) is 4.79 Å². The highest BCUT2D eigenvalue weighted by Crippen LogP contribution is 2.34. The third-order valence-corrected chi connectivity index (χ3v) is 3.63. The van der Waals surface area contributed by atoms with Crippen molar-refractivity contribution in [2.24, 2.45) is 0 Å². The van der Waals surface area contributed by atoms with Crippen molar-refractivity contribution < 1.29 is 9.53 Å². The van der Waals surface area contributed by atoms with Gasteiger partial charge in [-0.2, -0.15) is 0 Å². The van der Waals surface area contributed by atoms with E-state index in [-0.39, 0.29) is 11.8 Å². The van der Waals surface area contributed by atoms with Crippen molar-refractivity contribution in [1.29, 1.82) is 0 Å². The molecule has 1 aliphatic rings. The van der Waals surface area contributed by atoms with Crippen LogP contribution in [0.15, 0.2) is 48.6 Å². The molecule has 0 saturated heterocycles. The van der Waals surface area contributed by atoms with Gasteiger partial charge in [0.1, 0.15) is 5.75 Å². The molecule has 0 aliphatic heterocycles. The number of nitrogens with zero attached hydrogens (tertiary/aromatic N) is 2. The molecule has 1 aromatic carbocycles. The van der Waals surface area contributed by atoms with Crippen LogP contribution < -0.4 is 4.74 Å². The van der Waals surface area contributed by atoms with Crippen molar-refractivity contribution >= 4 is 11.9 Å². The maximum atomic E-state index is 12.1. The molecule has 1 unspecified atom stereocenters. The highest BCUT2D eigenvalue weighted by Gasteiger charge is 2.29. The van der Waals surface area contributed by atoms with Gasteiger partial charge in [-0.1, -0.05) is 12.1 Å². The summed E-state index contributed by atoms with van der Waals surface area (Å²) in [5.41, 5.74) is 1.83. The minimum atomic E-state index is 0.0937. The molecular formula is C16H16N2O2. The maximum absolute atomic E-state index is 12.1. The molecule has 1 saturated carbocycles. The Labute approximate surface area is 117 Å². The Morgan fingerprint density at radius 3 is 3.10 bits per heavy atom. The molecule has 1 heterocycles. The van der Waals surface area contributed by atoms with Crippen molar-refractivity contribution in [3.8, 4) is 5.75 Å². The van der Waals surface area contributed by atoms with Crippen LogP contribution in [0.25, 0.3) is 6.08 Å². The average molecular weight is 268 g/mol. The summed E-state index contributed by atoms with van der Waals surface area (Å²) in [5.74, 6) is 1.01. The van der Waals surface area contributed by atoms with Gasteiger partial charge in [0.25, 0.3) is 0 Å². The predicted molar refractivity (Wildman–Crippen MR) is 76.5 cm³/mol. The Hall–Kier alpha value is -2.36. The molecule has 102 valence electrons. The Kier molecular flexibility index (Phi) is 3.37. The number of ketones is 1. The summed E-state index contributed by atoms with van der Waals surface area (Å²) in [6.07, 6.45) is 8.81. The lowest BCUT2D eigenvalue weighted by molar-refractivity contribution is -0.114. The molecule has 0 spiro atoms. The van der Waals surface area contributed by atoms with Gasteiger partial charge in [0, 0.05) is 24.4 Å². The van der Waals surface area contributed by atoms with Crippen molar-refractivity contribution in [2.45, 2.75) is 18.9 Å². The first-order valence-corrected chi connectivity index (χ1v) is 6.64. The van der Waals surface area contributed by atoms with Gasteiger partial charge in [-0.15, -0.1) is 0 Å². The molecular weight excluding hydrogens is 252 g/mol. The maximum Gasteiger partial charge on any atom is 0.161 e. The van der Waals surface area contributed by atoms with E-state index in [4.69, 9.17) is 4.74 Å². The number of aromatic nitrogens is 2. The van der Waals surface area contributed by atoms with E-state index in [0.29, 0.717) is 6.42 Å². The minimum absolute atomic E-state index is 0.0937. The van der Waals surface area contributed by atoms with E-state index in [2.05, 4.69) is 4.98 Å². The van der Waals surface area contributed by atoms with E-state index in [1.165, 1.54) is 0 Å². The van der Waals surface area contributed by atoms with E-state index in [1.54, 1.807) is 19.6 Å². The van der Waals surface area contributed by atoms with Crippen LogP contribution in [0.5, 0.6) is 5.75 Å². The lowest BCUT2D eigenvalue weighted by Crippen LogP contribution is -2.07. The van der Waals surface area contributed by atoms with Crippen molar-refractivity contribution in [3.05, 3.63) is 54.1 Å². The van der Waals surface area contributed by atoms with Gasteiger partial charge in [-0.3, -0.25) is 4.79 Å². The van der Waals surface area contributed by atoms with Gasteiger partial charge in [0.2, 0.25) is 0 Å². The highest BCUT2D eigenvalue weighted by molar-refractivity contribution is 6.02. The molecule has 1 atom stereocenters. The fraction of sp³-hybridized carbons (Fsp3) is 0.250. The molecule has 2 aromatic rings. The smallest absolute Gasteiger partial charge is 0.161 e. The fourth-order valence-electron chi connectivity index (χ4n) is 2.60. The van der Waals surface area contributed by atoms with Crippen molar-refractivity contribution in [1.82, 2.24) is 9.55 Å². The second-order valence-corrected chi connectivity index (χ2v) is 4.86. The molecule has 1 aromatic heterocycles. The van der Waals surface area contributed by atoms with Crippen molar-refractivity contribution in [2.75, 3.05) is 7.11 Å². The van der Waals surface area contributed by atoms with Crippen LogP contribution in [0, 0.1) is 0 Å². The Morgan fingerprint density at radius 1 is 1.45 bits per heavy atom. The number of methoxy groups -OCH3 is 1. The summed E-state index contributed by atoms with van der Waals surface area (Å²) >= 11 is 0. The van der Waals surface area contributed by atoms with Crippen LogP contribution in [-0.2, 0) is 4.79 Å². The van der Waals surface area contributed by atoms with Gasteiger partial charge in [-0.25, -0.2) is 4.98 Å². The van der Waals surface area contributed by atoms with Gasteiger partial charge < -0.3 is 9.30 Å². The molecule has 1 fully saturated rings. The number of hydrogen-bond acceptors (Lipinski definition) is 3. The molecule has 0 N–H and O–H groups in total. The summed E-state index contributed by atoms with van der Waals surface area (Å²) in [5, 5.41) is 0. The summed E-state index contributed by atoms with van der Waals surface area (Å²) in [6.45, 7) is 0. The second kappa shape index (κ2) is 5.33. The molecule has 20 heavy (non-hydrogen) atoms. The number of carbonyl (C=O) groups is 1. The summed E-state index contributed by atoms with van der Waals surface area (Å²) in [4.78, 5) is 16.2. The molecule has 0 radical (unpaired) electrons. The zero-order valence-electron chi connectivity index (χ0n) is 11.3. The number of benzene rings is 1. The standard InChI is InChI=1S/C16H16N2O2/c1-20-13-4-2-3-12(9-13)10-14-15(5-6-16(14)19)18-8-7-17-11-18/h2-4,7-11,15H,5-6H2,1H3/b14-10+. The Morgan fingerprint density at radius 2 is 2.35 bits per heavy atom. The van der Waals surface area contributed by atoms with E-state index in [0.717, 1.165) is 23.3 Å². The van der Waals surface area contributed by atoms with Crippen molar-refractivity contribution in [3.63, 3.8) is 0 Å². The summed E-state index contributed by atoms with van der Waals surface area (Å²) in [7, 11) is 1.64. The van der Waals surface area contributed by atoms with Gasteiger partial charge in [0.15, 0.2) is 5.78 Å². The predicted octanol–water partition coefficient (Wildman–Crippen LogP) is 2.88. The Bertz CT molecular complexity index is 644. The molecule has 4 heteroatoms. The van der Waals surface area contributed by atoms with E-state index >= 15 is 0 Å². The van der Waals surface area contributed by atoms with Gasteiger partial charge >= 0.3 is 0 Å². The van der Waals surface area contributed by atoms with Crippen LogP contribution in [0.3, 0.4) is 0 Å². The SMILES string of the molecule is COc1cccc(/C=C2/C(=O)CCC2n2ccnc2)c1. The monoisotopic (exact) mass is 268 g/mol. The first-order chi connectivity index (χ1) is 9.78. The number of Topliss-reactive ketones (excluding diaryl/α,β-unsaturated/α-hetero) is 1. The number of carbonyl (C=O) groups excluding carboxylic acids is 1. The summed E-state index contributed by atoms with van der Waals surface area (Å²) in [6, 6.07) is 7.83. The number of allylic oxidation sites excluding steroid dienone is 1. The first kappa shape index (κ1) is 12.7. The van der Waals surface area contributed by atoms with Crippen LogP contribution in [0.1, 0.15) is 24.4 Å². The quantitative estimate of drug-likeness (QED) is 0.804. The largest absolute Gasteiger partial charge is 0.497 e. The second-order valence-electron chi connectivity index (χ2n) is 4.86. The topological polar surface area (TPSA) is 44.1 Å². The molecule has 1 aliphatic carbocycles. The van der Waals surface area contributed by atoms with Crippen LogP contribution in [0.2, 0.25) is 0 Å². The third kappa shape index (κ3) is 2.37. The zero-order valence-corrected chi connectivity index (χ0v) is 11.3. The average Bonchev–Trinajstić information content (AvgIpc) is 3.10. The molecule has 4 nitrogen and oxygen atoms in total. The van der Waals surface area contributed by atoms with E-state index < -0.39 is 0 Å². The van der Waals surface area contributed by atoms with Crippen LogP contribution >= 0.6 is 0 Å². The lowest BCUT2D eigenvalue weighted by atomic mass is 10.1. The van der Waals surface area contributed by atoms with E-state index in [1.807, 2.05) is 41.1 Å². The molecule has 0 amide bonds.